The smallest absolute Gasteiger partial charge is 0.270 e. The highest BCUT2D eigenvalue weighted by Crippen LogP contribution is 2.40. The van der Waals surface area contributed by atoms with Gasteiger partial charge in [-0.3, -0.25) is 14.6 Å². The number of nitrogens with one attached hydrogen (secondary N) is 2. The minimum absolute atomic E-state index is 0.103. The zero-order valence-electron chi connectivity index (χ0n) is 16.6. The van der Waals surface area contributed by atoms with Gasteiger partial charge in [-0.05, 0) is 36.2 Å². The number of amides is 2. The second-order valence-electron chi connectivity index (χ2n) is 7.60. The van der Waals surface area contributed by atoms with Gasteiger partial charge in [0.15, 0.2) is 0 Å². The van der Waals surface area contributed by atoms with Gasteiger partial charge < -0.3 is 20.1 Å². The molecule has 7 heteroatoms. The molecule has 0 unspecified atom stereocenters. The van der Waals surface area contributed by atoms with Crippen LogP contribution >= 0.6 is 0 Å². The van der Waals surface area contributed by atoms with Crippen LogP contribution in [0, 0.1) is 0 Å². The van der Waals surface area contributed by atoms with Crippen LogP contribution in [0.4, 0.5) is 11.4 Å². The first-order chi connectivity index (χ1) is 14.7. The number of nitrogens with zero attached hydrogens (tertiary/aromatic N) is 3. The summed E-state index contributed by atoms with van der Waals surface area (Å²) in [5.41, 5.74) is 5.20. The van der Waals surface area contributed by atoms with E-state index in [1.807, 2.05) is 47.4 Å². The lowest BCUT2D eigenvalue weighted by atomic mass is 10.0. The first-order valence-electron chi connectivity index (χ1n) is 10.3. The fourth-order valence-corrected chi connectivity index (χ4v) is 4.35. The lowest BCUT2D eigenvalue weighted by Gasteiger charge is -2.22. The quantitative estimate of drug-likeness (QED) is 0.688. The number of anilines is 2. The van der Waals surface area contributed by atoms with Gasteiger partial charge in [-0.1, -0.05) is 18.2 Å². The molecule has 0 spiro atoms. The fraction of sp³-hybridized carbons (Fsp3) is 0.261. The van der Waals surface area contributed by atoms with Gasteiger partial charge in [-0.15, -0.1) is 0 Å². The Labute approximate surface area is 174 Å². The monoisotopic (exact) mass is 401 g/mol. The lowest BCUT2D eigenvalue weighted by molar-refractivity contribution is -0.128. The van der Waals surface area contributed by atoms with E-state index in [9.17, 15) is 9.59 Å². The Morgan fingerprint density at radius 2 is 1.83 bits per heavy atom. The van der Waals surface area contributed by atoms with E-state index < -0.39 is 0 Å². The molecule has 30 heavy (non-hydrogen) atoms. The number of pyridine rings is 1. The first kappa shape index (κ1) is 18.4. The van der Waals surface area contributed by atoms with Crippen molar-refractivity contribution in [2.24, 2.45) is 0 Å². The maximum absolute atomic E-state index is 12.9. The molecule has 1 saturated heterocycles. The van der Waals surface area contributed by atoms with Gasteiger partial charge in [0.05, 0.1) is 12.2 Å². The summed E-state index contributed by atoms with van der Waals surface area (Å²) in [5, 5.41) is 6.45. The molecule has 3 aromatic rings. The molecule has 2 N–H and O–H groups in total. The topological polar surface area (TPSA) is 79.3 Å². The van der Waals surface area contributed by atoms with Crippen LogP contribution in [0.25, 0.3) is 11.1 Å². The van der Waals surface area contributed by atoms with E-state index in [0.717, 1.165) is 41.2 Å². The minimum Gasteiger partial charge on any atom is -0.353 e. The Hall–Kier alpha value is -3.61. The molecule has 152 valence electrons. The van der Waals surface area contributed by atoms with Crippen molar-refractivity contribution in [3.63, 3.8) is 0 Å². The van der Waals surface area contributed by atoms with Gasteiger partial charge >= 0.3 is 0 Å². The van der Waals surface area contributed by atoms with E-state index in [0.29, 0.717) is 31.7 Å². The van der Waals surface area contributed by atoms with E-state index in [2.05, 4.69) is 20.2 Å². The minimum atomic E-state index is -0.103. The Bertz CT molecular complexity index is 1090. The maximum atomic E-state index is 12.9. The van der Waals surface area contributed by atoms with Crippen molar-refractivity contribution in [1.82, 2.24) is 19.8 Å². The molecular weight excluding hydrogens is 378 g/mol. The van der Waals surface area contributed by atoms with Crippen LogP contribution in [0.3, 0.4) is 0 Å². The van der Waals surface area contributed by atoms with Crippen LogP contribution in [-0.2, 0) is 17.9 Å². The highest BCUT2D eigenvalue weighted by Gasteiger charge is 2.32. The predicted molar refractivity (Wildman–Crippen MR) is 114 cm³/mol. The van der Waals surface area contributed by atoms with Crippen LogP contribution in [0.15, 0.2) is 54.9 Å². The van der Waals surface area contributed by atoms with Crippen molar-refractivity contribution in [2.75, 3.05) is 18.4 Å². The number of hydrogen-bond donors (Lipinski definition) is 2. The second kappa shape index (κ2) is 7.67. The summed E-state index contributed by atoms with van der Waals surface area (Å²) in [6.07, 6.45) is 4.98. The highest BCUT2D eigenvalue weighted by molar-refractivity contribution is 6.05. The maximum Gasteiger partial charge on any atom is 0.270 e. The van der Waals surface area contributed by atoms with Crippen LogP contribution in [-0.4, -0.2) is 39.4 Å². The van der Waals surface area contributed by atoms with Gasteiger partial charge in [-0.2, -0.15) is 0 Å². The third-order valence-electron chi connectivity index (χ3n) is 5.73. The number of carbonyl (C=O) groups excluding carboxylic acids is 2. The van der Waals surface area contributed by atoms with E-state index in [-0.39, 0.29) is 11.8 Å². The number of carbonyl (C=O) groups is 2. The summed E-state index contributed by atoms with van der Waals surface area (Å²) >= 11 is 0. The summed E-state index contributed by atoms with van der Waals surface area (Å²) in [5.74, 6) is 0.0676. The number of aromatic nitrogens is 2. The Morgan fingerprint density at radius 3 is 2.57 bits per heavy atom. The molecule has 7 nitrogen and oxygen atoms in total. The number of hydrogen-bond acceptors (Lipinski definition) is 4. The van der Waals surface area contributed by atoms with Gasteiger partial charge in [0.25, 0.3) is 5.91 Å². The first-order valence-corrected chi connectivity index (χ1v) is 10.3. The molecule has 5 rings (SSSR count). The number of benzene rings is 1. The van der Waals surface area contributed by atoms with E-state index in [1.165, 1.54) is 0 Å². The normalized spacial score (nSPS) is 15.8. The molecule has 2 aliphatic heterocycles. The molecule has 0 aliphatic carbocycles. The molecule has 0 bridgehead atoms. The summed E-state index contributed by atoms with van der Waals surface area (Å²) in [6, 6.07) is 13.7. The fourth-order valence-electron chi connectivity index (χ4n) is 4.35. The van der Waals surface area contributed by atoms with Crippen LogP contribution in [0.2, 0.25) is 0 Å². The van der Waals surface area contributed by atoms with Crippen molar-refractivity contribution in [3.05, 3.63) is 66.2 Å². The van der Waals surface area contributed by atoms with E-state index in [1.54, 1.807) is 12.4 Å². The van der Waals surface area contributed by atoms with Crippen molar-refractivity contribution in [1.29, 1.82) is 0 Å². The average Bonchev–Trinajstić information content (AvgIpc) is 3.32. The van der Waals surface area contributed by atoms with Crippen molar-refractivity contribution in [3.8, 4) is 11.1 Å². The Morgan fingerprint density at radius 1 is 1.03 bits per heavy atom. The standard InChI is InChI=1S/C23H23N5O2/c29-19-7-4-13-27(19)15-18-20(16-8-10-24-11-9-16)21(26-17-5-2-1-3-6-17)22-23(30)25-12-14-28(18)22/h1-3,5-6,8-11,26H,4,7,12-15H2,(H,25,30). The zero-order chi connectivity index (χ0) is 20.5. The summed E-state index contributed by atoms with van der Waals surface area (Å²) in [7, 11) is 0. The molecule has 0 atom stereocenters. The van der Waals surface area contributed by atoms with Crippen LogP contribution < -0.4 is 10.6 Å². The summed E-state index contributed by atoms with van der Waals surface area (Å²) in [6.45, 7) is 2.49. The summed E-state index contributed by atoms with van der Waals surface area (Å²) < 4.78 is 2.07. The second-order valence-corrected chi connectivity index (χ2v) is 7.60. The third kappa shape index (κ3) is 3.22. The molecule has 2 aromatic heterocycles. The highest BCUT2D eigenvalue weighted by atomic mass is 16.2. The van der Waals surface area contributed by atoms with Gasteiger partial charge in [0, 0.05) is 55.4 Å². The molecule has 2 amide bonds. The van der Waals surface area contributed by atoms with Crippen molar-refractivity contribution >= 4 is 23.2 Å². The largest absolute Gasteiger partial charge is 0.353 e. The number of rotatable bonds is 5. The van der Waals surface area contributed by atoms with Crippen molar-refractivity contribution < 1.29 is 9.59 Å². The van der Waals surface area contributed by atoms with Crippen LogP contribution in [0.5, 0.6) is 0 Å². The molecule has 4 heterocycles. The molecule has 1 fully saturated rings. The van der Waals surface area contributed by atoms with Gasteiger partial charge in [0.2, 0.25) is 5.91 Å². The number of likely N-dealkylation sites (tertiary alicyclic amines) is 1. The van der Waals surface area contributed by atoms with E-state index in [4.69, 9.17) is 0 Å². The molecule has 2 aliphatic rings. The SMILES string of the molecule is O=C1NCCn2c(CN3CCCC3=O)c(-c3ccncc3)c(Nc3ccccc3)c21. The number of para-hydroxylation sites is 1. The third-order valence-corrected chi connectivity index (χ3v) is 5.73. The molecular formula is C23H23N5O2. The van der Waals surface area contributed by atoms with Gasteiger partial charge in [-0.25, -0.2) is 0 Å². The van der Waals surface area contributed by atoms with Crippen molar-refractivity contribution in [2.45, 2.75) is 25.9 Å². The lowest BCUT2D eigenvalue weighted by Crippen LogP contribution is -2.37. The molecule has 0 radical (unpaired) electrons. The number of fused-ring (bicyclic) bond motifs is 1. The Kier molecular flexibility index (Phi) is 4.71. The molecule has 0 saturated carbocycles. The molecule has 1 aromatic carbocycles. The van der Waals surface area contributed by atoms with Gasteiger partial charge in [0.1, 0.15) is 5.69 Å². The average molecular weight is 401 g/mol. The predicted octanol–water partition coefficient (Wildman–Crippen LogP) is 3.16. The Balaban J connectivity index is 1.71. The zero-order valence-corrected chi connectivity index (χ0v) is 16.6. The van der Waals surface area contributed by atoms with E-state index >= 15 is 0 Å². The summed E-state index contributed by atoms with van der Waals surface area (Å²) in [4.78, 5) is 31.3. The van der Waals surface area contributed by atoms with Crippen LogP contribution in [0.1, 0.15) is 29.0 Å².